The Hall–Kier alpha value is -2.68. The second-order valence-corrected chi connectivity index (χ2v) is 7.03. The highest BCUT2D eigenvalue weighted by molar-refractivity contribution is 8.15. The van der Waals surface area contributed by atoms with Crippen molar-refractivity contribution in [2.24, 2.45) is 4.99 Å². The summed E-state index contributed by atoms with van der Waals surface area (Å²) in [5, 5.41) is 11.4. The van der Waals surface area contributed by atoms with E-state index in [1.807, 2.05) is 6.92 Å². The van der Waals surface area contributed by atoms with Crippen molar-refractivity contribution in [1.29, 1.82) is 0 Å². The molecule has 0 unspecified atom stereocenters. The zero-order chi connectivity index (χ0) is 19.0. The van der Waals surface area contributed by atoms with Gasteiger partial charge in [-0.25, -0.2) is 9.79 Å². The normalized spacial score (nSPS) is 22.2. The maximum Gasteiger partial charge on any atom is 0.338 e. The molecular weight excluding hydrogens is 358 g/mol. The molecule has 2 aliphatic heterocycles. The number of esters is 1. The molecule has 1 saturated heterocycles. The number of nitro benzene ring substituents is 1. The van der Waals surface area contributed by atoms with Gasteiger partial charge in [0.05, 0.1) is 34.6 Å². The fourth-order valence-corrected chi connectivity index (χ4v) is 4.22. The quantitative estimate of drug-likeness (QED) is 0.455. The highest BCUT2D eigenvalue weighted by Gasteiger charge is 2.47. The Balaban J connectivity index is 2.18. The van der Waals surface area contributed by atoms with Crippen molar-refractivity contribution in [3.63, 3.8) is 0 Å². The van der Waals surface area contributed by atoms with Crippen molar-refractivity contribution in [3.05, 3.63) is 51.2 Å². The molecule has 0 radical (unpaired) electrons. The summed E-state index contributed by atoms with van der Waals surface area (Å²) < 4.78 is 4.88. The Morgan fingerprint density at radius 3 is 2.81 bits per heavy atom. The molecule has 0 spiro atoms. The highest BCUT2D eigenvalue weighted by Crippen LogP contribution is 2.44. The lowest BCUT2D eigenvalue weighted by Crippen LogP contribution is -2.40. The zero-order valence-electron chi connectivity index (χ0n) is 14.5. The first-order chi connectivity index (χ1) is 12.4. The van der Waals surface area contributed by atoms with Crippen molar-refractivity contribution in [3.8, 4) is 0 Å². The first-order valence-corrected chi connectivity index (χ1v) is 8.88. The minimum Gasteiger partial charge on any atom is -0.466 e. The van der Waals surface area contributed by atoms with E-state index in [2.05, 4.69) is 4.99 Å². The Morgan fingerprint density at radius 1 is 1.46 bits per heavy atom. The number of benzene rings is 1. The van der Waals surface area contributed by atoms with Crippen LogP contribution in [-0.2, 0) is 14.3 Å². The predicted octanol–water partition coefficient (Wildman–Crippen LogP) is 2.81. The summed E-state index contributed by atoms with van der Waals surface area (Å²) in [5.41, 5.74) is 1.01. The van der Waals surface area contributed by atoms with Gasteiger partial charge < -0.3 is 4.74 Å². The van der Waals surface area contributed by atoms with Crippen LogP contribution in [0, 0.1) is 10.1 Å². The minimum absolute atomic E-state index is 0.111. The molecule has 0 bridgehead atoms. The summed E-state index contributed by atoms with van der Waals surface area (Å²) >= 11 is 1.34. The second kappa shape index (κ2) is 6.91. The number of methoxy groups -OCH3 is 1. The molecule has 1 aromatic rings. The van der Waals surface area contributed by atoms with Gasteiger partial charge in [-0.2, -0.15) is 0 Å². The van der Waals surface area contributed by atoms with Gasteiger partial charge in [0.25, 0.3) is 5.69 Å². The molecule has 1 amide bonds. The van der Waals surface area contributed by atoms with Gasteiger partial charge in [0.2, 0.25) is 5.91 Å². The van der Waals surface area contributed by atoms with Crippen molar-refractivity contribution in [2.75, 3.05) is 7.11 Å². The number of non-ortho nitro benzene ring substituents is 1. The van der Waals surface area contributed by atoms with E-state index in [9.17, 15) is 19.7 Å². The lowest BCUT2D eigenvalue weighted by Gasteiger charge is -2.32. The maximum atomic E-state index is 12.9. The number of fused-ring (bicyclic) bond motifs is 1. The van der Waals surface area contributed by atoms with Gasteiger partial charge in [-0.1, -0.05) is 30.8 Å². The molecule has 26 heavy (non-hydrogen) atoms. The van der Waals surface area contributed by atoms with Crippen LogP contribution in [0.2, 0.25) is 0 Å². The van der Waals surface area contributed by atoms with Crippen LogP contribution in [0.5, 0.6) is 0 Å². The van der Waals surface area contributed by atoms with Gasteiger partial charge in [0.15, 0.2) is 5.17 Å². The van der Waals surface area contributed by atoms with Gasteiger partial charge >= 0.3 is 5.97 Å². The van der Waals surface area contributed by atoms with E-state index in [0.717, 1.165) is 0 Å². The Labute approximate surface area is 154 Å². The van der Waals surface area contributed by atoms with Gasteiger partial charge in [-0.15, -0.1) is 0 Å². The van der Waals surface area contributed by atoms with Crippen LogP contribution in [0.25, 0.3) is 0 Å². The number of amides is 1. The molecular formula is C17H17N3O5S. The zero-order valence-corrected chi connectivity index (χ0v) is 15.3. The molecule has 1 aromatic carbocycles. The number of amidine groups is 1. The third kappa shape index (κ3) is 2.88. The summed E-state index contributed by atoms with van der Waals surface area (Å²) in [6.07, 6.45) is 0.618. The van der Waals surface area contributed by atoms with Crippen LogP contribution < -0.4 is 0 Å². The van der Waals surface area contributed by atoms with E-state index < -0.39 is 16.9 Å². The summed E-state index contributed by atoms with van der Waals surface area (Å²) in [4.78, 5) is 41.8. The third-order valence-corrected chi connectivity index (χ3v) is 5.64. The Bertz CT molecular complexity index is 864. The van der Waals surface area contributed by atoms with Gasteiger partial charge in [-0.3, -0.25) is 19.8 Å². The molecule has 3 rings (SSSR count). The fourth-order valence-electron chi connectivity index (χ4n) is 3.08. The van der Waals surface area contributed by atoms with E-state index in [-0.39, 0.29) is 22.4 Å². The first-order valence-electron chi connectivity index (χ1n) is 8.00. The maximum absolute atomic E-state index is 12.9. The smallest absolute Gasteiger partial charge is 0.338 e. The van der Waals surface area contributed by atoms with Gasteiger partial charge in [-0.05, 0) is 18.9 Å². The standard InChI is InChI=1S/C17H17N3O5S/c1-4-12-15(21)19-14(10-6-5-7-11(8-10)20(23)24)13(16(22)25-3)9(2)18-17(19)26-12/h5-8,12,14H,4H2,1-3H3/t12-,14-/m0/s1. The Kier molecular flexibility index (Phi) is 4.82. The van der Waals surface area contributed by atoms with E-state index >= 15 is 0 Å². The predicted molar refractivity (Wildman–Crippen MR) is 96.5 cm³/mol. The molecule has 136 valence electrons. The topological polar surface area (TPSA) is 102 Å². The summed E-state index contributed by atoms with van der Waals surface area (Å²) in [6.45, 7) is 3.57. The monoisotopic (exact) mass is 375 g/mol. The molecule has 0 saturated carbocycles. The lowest BCUT2D eigenvalue weighted by molar-refractivity contribution is -0.384. The number of nitro groups is 1. The number of aliphatic imine (C=N–C) groups is 1. The molecule has 2 aliphatic rings. The molecule has 0 N–H and O–H groups in total. The number of allylic oxidation sites excluding steroid dienone is 1. The number of ether oxygens (including phenoxy) is 1. The van der Waals surface area contributed by atoms with Crippen molar-refractivity contribution >= 4 is 34.5 Å². The average molecular weight is 375 g/mol. The van der Waals surface area contributed by atoms with Crippen LogP contribution in [0.1, 0.15) is 31.9 Å². The molecule has 1 fully saturated rings. The largest absolute Gasteiger partial charge is 0.466 e. The van der Waals surface area contributed by atoms with Gasteiger partial charge in [0.1, 0.15) is 0 Å². The van der Waals surface area contributed by atoms with E-state index in [0.29, 0.717) is 22.8 Å². The molecule has 2 heterocycles. The van der Waals surface area contributed by atoms with Crippen LogP contribution >= 0.6 is 11.8 Å². The fraction of sp³-hybridized carbons (Fsp3) is 0.353. The van der Waals surface area contributed by atoms with Crippen molar-refractivity contribution in [2.45, 2.75) is 31.6 Å². The molecule has 8 nitrogen and oxygen atoms in total. The average Bonchev–Trinajstić information content (AvgIpc) is 2.95. The van der Waals surface area contributed by atoms with E-state index in [1.165, 1.54) is 42.0 Å². The van der Waals surface area contributed by atoms with Crippen LogP contribution in [-0.4, -0.2) is 39.2 Å². The number of rotatable bonds is 4. The van der Waals surface area contributed by atoms with Crippen molar-refractivity contribution in [1.82, 2.24) is 4.90 Å². The van der Waals surface area contributed by atoms with E-state index in [1.54, 1.807) is 13.0 Å². The molecule has 0 aromatic heterocycles. The summed E-state index contributed by atoms with van der Waals surface area (Å²) in [6, 6.07) is 5.14. The van der Waals surface area contributed by atoms with Crippen LogP contribution in [0.4, 0.5) is 5.69 Å². The lowest BCUT2D eigenvalue weighted by atomic mass is 9.94. The molecule has 0 aliphatic carbocycles. The number of carbonyl (C=O) groups is 2. The second-order valence-electron chi connectivity index (χ2n) is 5.86. The van der Waals surface area contributed by atoms with Crippen LogP contribution in [0.15, 0.2) is 40.5 Å². The number of hydrogen-bond acceptors (Lipinski definition) is 7. The molecule has 9 heteroatoms. The Morgan fingerprint density at radius 2 is 2.19 bits per heavy atom. The number of carbonyl (C=O) groups excluding carboxylic acids is 2. The highest BCUT2D eigenvalue weighted by atomic mass is 32.2. The summed E-state index contributed by atoms with van der Waals surface area (Å²) in [7, 11) is 1.25. The number of thioether (sulfide) groups is 1. The van der Waals surface area contributed by atoms with Crippen LogP contribution in [0.3, 0.4) is 0 Å². The minimum atomic E-state index is -0.800. The number of nitrogens with zero attached hydrogens (tertiary/aromatic N) is 3. The third-order valence-electron chi connectivity index (χ3n) is 4.32. The first kappa shape index (κ1) is 18.1. The molecule has 2 atom stereocenters. The summed E-state index contributed by atoms with van der Waals surface area (Å²) in [5.74, 6) is -0.777. The van der Waals surface area contributed by atoms with Crippen molar-refractivity contribution < 1.29 is 19.2 Å². The van der Waals surface area contributed by atoms with Gasteiger partial charge in [0, 0.05) is 12.1 Å². The SMILES string of the molecule is CC[C@@H]1SC2=NC(C)=C(C(=O)OC)[C@H](c3cccc([N+](=O)[O-])c3)N2C1=O. The number of hydrogen-bond donors (Lipinski definition) is 0. The van der Waals surface area contributed by atoms with E-state index in [4.69, 9.17) is 4.74 Å².